The van der Waals surface area contributed by atoms with Crippen LogP contribution in [0.3, 0.4) is 0 Å². The number of nitrogens with zero attached hydrogens (tertiary/aromatic N) is 2. The molecule has 2 rings (SSSR count). The summed E-state index contributed by atoms with van der Waals surface area (Å²) in [5, 5.41) is 0. The summed E-state index contributed by atoms with van der Waals surface area (Å²) in [4.78, 5) is 37.4. The van der Waals surface area contributed by atoms with Gasteiger partial charge in [0.2, 0.25) is 17.7 Å². The summed E-state index contributed by atoms with van der Waals surface area (Å²) in [6.45, 7) is 0.405. The van der Waals surface area contributed by atoms with Gasteiger partial charge in [0.05, 0.1) is 0 Å². The third-order valence-electron chi connectivity index (χ3n) is 3.44. The number of benzene rings is 1. The van der Waals surface area contributed by atoms with Gasteiger partial charge in [0.25, 0.3) is 0 Å². The zero-order valence-corrected chi connectivity index (χ0v) is 11.8. The van der Waals surface area contributed by atoms with E-state index >= 15 is 0 Å². The average Bonchev–Trinajstić information content (AvgIpc) is 2.75. The van der Waals surface area contributed by atoms with E-state index in [1.54, 1.807) is 19.2 Å². The van der Waals surface area contributed by atoms with Crippen LogP contribution in [-0.4, -0.2) is 41.1 Å². The highest BCUT2D eigenvalue weighted by molar-refractivity contribution is 6.02. The Morgan fingerprint density at radius 3 is 2.57 bits per heavy atom. The number of halogens is 1. The predicted molar refractivity (Wildman–Crippen MR) is 73.4 cm³/mol. The molecule has 1 aromatic rings. The molecule has 1 heterocycles. The van der Waals surface area contributed by atoms with Crippen molar-refractivity contribution in [3.8, 4) is 0 Å². The van der Waals surface area contributed by atoms with E-state index in [1.165, 1.54) is 17.0 Å². The van der Waals surface area contributed by atoms with E-state index in [1.807, 2.05) is 0 Å². The molecule has 0 radical (unpaired) electrons. The minimum absolute atomic E-state index is 0.0866. The highest BCUT2D eigenvalue weighted by Crippen LogP contribution is 2.13. The number of hydrogen-bond acceptors (Lipinski definition) is 3. The topological polar surface area (TPSA) is 57.7 Å². The minimum atomic E-state index is -0.346. The molecular weight excluding hydrogens is 275 g/mol. The lowest BCUT2D eigenvalue weighted by Gasteiger charge is -2.19. The fourth-order valence-corrected chi connectivity index (χ4v) is 2.27. The molecule has 6 heteroatoms. The smallest absolute Gasteiger partial charge is 0.229 e. The van der Waals surface area contributed by atoms with Crippen LogP contribution in [0.1, 0.15) is 24.8 Å². The first-order chi connectivity index (χ1) is 9.97. The van der Waals surface area contributed by atoms with Crippen LogP contribution in [0.2, 0.25) is 0 Å². The van der Waals surface area contributed by atoms with Gasteiger partial charge in [-0.2, -0.15) is 0 Å². The number of amides is 3. The van der Waals surface area contributed by atoms with Crippen LogP contribution in [0, 0.1) is 5.82 Å². The van der Waals surface area contributed by atoms with Gasteiger partial charge in [-0.05, 0) is 17.7 Å². The first-order valence-electron chi connectivity index (χ1n) is 6.79. The fraction of sp³-hybridized carbons (Fsp3) is 0.400. The lowest BCUT2D eigenvalue weighted by Crippen LogP contribution is -2.34. The summed E-state index contributed by atoms with van der Waals surface area (Å²) in [5.74, 6) is -0.977. The molecule has 0 aromatic heterocycles. The van der Waals surface area contributed by atoms with E-state index in [4.69, 9.17) is 0 Å². The molecule has 0 aliphatic carbocycles. The van der Waals surface area contributed by atoms with Crippen LogP contribution < -0.4 is 0 Å². The van der Waals surface area contributed by atoms with Crippen LogP contribution in [-0.2, 0) is 20.9 Å². The van der Waals surface area contributed by atoms with E-state index in [2.05, 4.69) is 0 Å². The van der Waals surface area contributed by atoms with Gasteiger partial charge in [-0.15, -0.1) is 0 Å². The summed E-state index contributed by atoms with van der Waals surface area (Å²) < 4.78 is 13.1. The van der Waals surface area contributed by atoms with Crippen molar-refractivity contribution < 1.29 is 18.8 Å². The molecule has 1 aliphatic heterocycles. The molecule has 112 valence electrons. The number of carbonyl (C=O) groups is 3. The highest BCUT2D eigenvalue weighted by atomic mass is 19.1. The number of carbonyl (C=O) groups excluding carboxylic acids is 3. The Morgan fingerprint density at radius 1 is 1.29 bits per heavy atom. The number of hydrogen-bond donors (Lipinski definition) is 0. The third-order valence-corrected chi connectivity index (χ3v) is 3.44. The monoisotopic (exact) mass is 292 g/mol. The van der Waals surface area contributed by atoms with Crippen molar-refractivity contribution in [1.82, 2.24) is 9.80 Å². The molecule has 0 saturated carbocycles. The Kier molecular flexibility index (Phi) is 4.67. The van der Waals surface area contributed by atoms with Gasteiger partial charge in [-0.3, -0.25) is 19.3 Å². The first-order valence-corrected chi connectivity index (χ1v) is 6.79. The van der Waals surface area contributed by atoms with Crippen LogP contribution in [0.5, 0.6) is 0 Å². The van der Waals surface area contributed by atoms with Crippen molar-refractivity contribution in [3.63, 3.8) is 0 Å². The quantitative estimate of drug-likeness (QED) is 0.769. The number of rotatable bonds is 5. The van der Waals surface area contributed by atoms with Gasteiger partial charge < -0.3 is 4.90 Å². The van der Waals surface area contributed by atoms with Crippen LogP contribution >= 0.6 is 0 Å². The van der Waals surface area contributed by atoms with Crippen molar-refractivity contribution in [3.05, 3.63) is 35.6 Å². The normalized spacial score (nSPS) is 14.7. The summed E-state index contributed by atoms with van der Waals surface area (Å²) >= 11 is 0. The van der Waals surface area contributed by atoms with Crippen LogP contribution in [0.15, 0.2) is 24.3 Å². The van der Waals surface area contributed by atoms with Gasteiger partial charge >= 0.3 is 0 Å². The molecule has 1 aliphatic rings. The zero-order valence-electron chi connectivity index (χ0n) is 11.8. The summed E-state index contributed by atoms with van der Waals surface area (Å²) in [6, 6.07) is 6.04. The second kappa shape index (κ2) is 6.47. The van der Waals surface area contributed by atoms with E-state index in [0.717, 1.165) is 4.90 Å². The molecule has 0 unspecified atom stereocenters. The SMILES string of the molecule is CN(Cc1cccc(F)c1)C(=O)CCN1C(=O)CCC1=O. The van der Waals surface area contributed by atoms with Crippen LogP contribution in [0.25, 0.3) is 0 Å². The van der Waals surface area contributed by atoms with Crippen molar-refractivity contribution in [2.75, 3.05) is 13.6 Å². The fourth-order valence-electron chi connectivity index (χ4n) is 2.27. The molecule has 0 bridgehead atoms. The molecule has 0 atom stereocenters. The second-order valence-corrected chi connectivity index (χ2v) is 5.07. The van der Waals surface area contributed by atoms with Gasteiger partial charge in [-0.25, -0.2) is 4.39 Å². The Labute approximate surface area is 122 Å². The maximum Gasteiger partial charge on any atom is 0.229 e. The minimum Gasteiger partial charge on any atom is -0.341 e. The van der Waals surface area contributed by atoms with E-state index in [9.17, 15) is 18.8 Å². The third kappa shape index (κ3) is 3.87. The highest BCUT2D eigenvalue weighted by Gasteiger charge is 2.29. The second-order valence-electron chi connectivity index (χ2n) is 5.07. The predicted octanol–water partition coefficient (Wildman–Crippen LogP) is 1.32. The van der Waals surface area contributed by atoms with Gasteiger partial charge in [0.15, 0.2) is 0 Å². The van der Waals surface area contributed by atoms with Crippen LogP contribution in [0.4, 0.5) is 4.39 Å². The van der Waals surface area contributed by atoms with Gasteiger partial charge in [0, 0.05) is 39.4 Å². The van der Waals surface area contributed by atoms with Crippen molar-refractivity contribution >= 4 is 17.7 Å². The number of likely N-dealkylation sites (tertiary alicyclic amines) is 1. The zero-order chi connectivity index (χ0) is 15.4. The van der Waals surface area contributed by atoms with Crippen molar-refractivity contribution in [2.45, 2.75) is 25.8 Å². The molecule has 1 aromatic carbocycles. The molecule has 21 heavy (non-hydrogen) atoms. The molecule has 1 fully saturated rings. The molecule has 1 saturated heterocycles. The van der Waals surface area contributed by atoms with Crippen molar-refractivity contribution in [1.29, 1.82) is 0 Å². The lowest BCUT2D eigenvalue weighted by molar-refractivity contribution is -0.139. The maximum absolute atomic E-state index is 13.1. The Balaban J connectivity index is 1.85. The van der Waals surface area contributed by atoms with Gasteiger partial charge in [0.1, 0.15) is 5.82 Å². The molecule has 3 amide bonds. The summed E-state index contributed by atoms with van der Waals surface area (Å²) in [6.07, 6.45) is 0.543. The Bertz CT molecular complexity index is 558. The van der Waals surface area contributed by atoms with E-state index in [-0.39, 0.29) is 49.3 Å². The average molecular weight is 292 g/mol. The molecule has 0 spiro atoms. The van der Waals surface area contributed by atoms with Crippen molar-refractivity contribution in [2.24, 2.45) is 0 Å². The lowest BCUT2D eigenvalue weighted by atomic mass is 10.2. The maximum atomic E-state index is 13.1. The Morgan fingerprint density at radius 2 is 1.95 bits per heavy atom. The largest absolute Gasteiger partial charge is 0.341 e. The Hall–Kier alpha value is -2.24. The standard InChI is InChI=1S/C15H17FN2O3/c1-17(10-11-3-2-4-12(16)9-11)13(19)7-8-18-14(20)5-6-15(18)21/h2-4,9H,5-8,10H2,1H3. The molecule has 0 N–H and O–H groups in total. The first kappa shape index (κ1) is 15.2. The van der Waals surface area contributed by atoms with Gasteiger partial charge in [-0.1, -0.05) is 12.1 Å². The summed E-state index contributed by atoms with van der Waals surface area (Å²) in [7, 11) is 1.61. The van der Waals surface area contributed by atoms with E-state index in [0.29, 0.717) is 12.1 Å². The summed E-state index contributed by atoms with van der Waals surface area (Å²) in [5.41, 5.74) is 0.694. The van der Waals surface area contributed by atoms with E-state index < -0.39 is 0 Å². The molecular formula is C15H17FN2O3. The number of imide groups is 1. The molecule has 5 nitrogen and oxygen atoms in total.